The van der Waals surface area contributed by atoms with Crippen molar-refractivity contribution < 1.29 is 17.9 Å². The average Bonchev–Trinajstić information content (AvgIpc) is 3.31. The summed E-state index contributed by atoms with van der Waals surface area (Å²) in [5.74, 6) is -0.0954. The molecule has 4 rings (SSSR count). The van der Waals surface area contributed by atoms with E-state index in [9.17, 15) is 8.78 Å². The Morgan fingerprint density at radius 3 is 2.19 bits per heavy atom. The van der Waals surface area contributed by atoms with E-state index in [-0.39, 0.29) is 11.3 Å². The molecule has 0 saturated carbocycles. The van der Waals surface area contributed by atoms with Gasteiger partial charge in [-0.15, -0.1) is 10.2 Å². The number of hydrogen-bond acceptors (Lipinski definition) is 5. The van der Waals surface area contributed by atoms with Gasteiger partial charge >= 0.3 is 0 Å². The molecule has 4 aromatic rings. The van der Waals surface area contributed by atoms with E-state index < -0.39 is 11.6 Å². The number of rotatable bonds is 4. The summed E-state index contributed by atoms with van der Waals surface area (Å²) < 4.78 is 38.5. The molecule has 4 nitrogen and oxygen atoms in total. The first-order chi connectivity index (χ1) is 12.7. The number of nitrogens with zero attached hydrogens (tertiary/aromatic N) is 2. The molecule has 0 unspecified atom stereocenters. The van der Waals surface area contributed by atoms with Gasteiger partial charge in [0.2, 0.25) is 0 Å². The largest absolute Gasteiger partial charge is 0.497 e. The Morgan fingerprint density at radius 2 is 1.50 bits per heavy atom. The Kier molecular flexibility index (Phi) is 4.22. The van der Waals surface area contributed by atoms with Crippen LogP contribution in [-0.2, 0) is 0 Å². The summed E-state index contributed by atoms with van der Waals surface area (Å²) in [6.45, 7) is 0. The van der Waals surface area contributed by atoms with Crippen LogP contribution >= 0.6 is 11.3 Å². The summed E-state index contributed by atoms with van der Waals surface area (Å²) in [6.07, 6.45) is 0. The maximum atomic E-state index is 13.9. The lowest BCUT2D eigenvalue weighted by atomic mass is 10.1. The second-order valence-electron chi connectivity index (χ2n) is 5.40. The highest BCUT2D eigenvalue weighted by Crippen LogP contribution is 2.35. The van der Waals surface area contributed by atoms with Crippen molar-refractivity contribution in [1.29, 1.82) is 0 Å². The van der Waals surface area contributed by atoms with Crippen molar-refractivity contribution in [1.82, 2.24) is 10.2 Å². The monoisotopic (exact) mass is 370 g/mol. The van der Waals surface area contributed by atoms with Gasteiger partial charge in [0, 0.05) is 5.56 Å². The molecule has 0 radical (unpaired) electrons. The van der Waals surface area contributed by atoms with Gasteiger partial charge in [0.15, 0.2) is 10.8 Å². The van der Waals surface area contributed by atoms with Crippen molar-refractivity contribution in [2.75, 3.05) is 7.11 Å². The molecule has 0 N–H and O–H groups in total. The molecule has 0 aliphatic rings. The number of furan rings is 1. The van der Waals surface area contributed by atoms with Crippen molar-refractivity contribution in [2.24, 2.45) is 0 Å². The molecule has 0 amide bonds. The minimum atomic E-state index is -0.679. The van der Waals surface area contributed by atoms with Gasteiger partial charge in [-0.2, -0.15) is 0 Å². The molecule has 0 bridgehead atoms. The van der Waals surface area contributed by atoms with Crippen LogP contribution in [0, 0.1) is 11.6 Å². The van der Waals surface area contributed by atoms with Crippen LogP contribution < -0.4 is 4.74 Å². The van der Waals surface area contributed by atoms with E-state index in [1.807, 2.05) is 24.3 Å². The van der Waals surface area contributed by atoms with Crippen LogP contribution in [0.25, 0.3) is 32.7 Å². The molecule has 130 valence electrons. The van der Waals surface area contributed by atoms with Crippen LogP contribution in [0.1, 0.15) is 0 Å². The molecule has 26 heavy (non-hydrogen) atoms. The fraction of sp³-hybridized carbons (Fsp3) is 0.0526. The highest BCUT2D eigenvalue weighted by molar-refractivity contribution is 7.17. The SMILES string of the molecule is COc1ccc(-c2nnc(-c3ccc(-c4c(F)cccc4F)o3)s2)cc1. The van der Waals surface area contributed by atoms with Gasteiger partial charge < -0.3 is 9.15 Å². The van der Waals surface area contributed by atoms with Crippen LogP contribution in [0.4, 0.5) is 8.78 Å². The maximum Gasteiger partial charge on any atom is 0.183 e. The molecule has 2 aromatic carbocycles. The summed E-state index contributed by atoms with van der Waals surface area (Å²) in [5.41, 5.74) is 0.695. The van der Waals surface area contributed by atoms with Crippen molar-refractivity contribution in [3.05, 3.63) is 66.2 Å². The van der Waals surface area contributed by atoms with Crippen molar-refractivity contribution in [2.45, 2.75) is 0 Å². The van der Waals surface area contributed by atoms with Gasteiger partial charge in [-0.1, -0.05) is 17.4 Å². The van der Waals surface area contributed by atoms with E-state index in [0.717, 1.165) is 11.3 Å². The van der Waals surface area contributed by atoms with Crippen LogP contribution in [0.2, 0.25) is 0 Å². The van der Waals surface area contributed by atoms with Crippen molar-refractivity contribution in [3.63, 3.8) is 0 Å². The van der Waals surface area contributed by atoms with Gasteiger partial charge in [0.05, 0.1) is 12.7 Å². The smallest absolute Gasteiger partial charge is 0.183 e. The summed E-state index contributed by atoms with van der Waals surface area (Å²) in [5, 5.41) is 9.50. The summed E-state index contributed by atoms with van der Waals surface area (Å²) in [4.78, 5) is 0. The molecule has 0 aliphatic carbocycles. The summed E-state index contributed by atoms with van der Waals surface area (Å²) in [7, 11) is 1.60. The van der Waals surface area contributed by atoms with Crippen LogP contribution in [0.5, 0.6) is 5.75 Å². The summed E-state index contributed by atoms with van der Waals surface area (Å²) >= 11 is 1.33. The van der Waals surface area contributed by atoms with E-state index in [0.29, 0.717) is 15.8 Å². The third kappa shape index (κ3) is 2.97. The molecule has 0 spiro atoms. The minimum Gasteiger partial charge on any atom is -0.497 e. The third-order valence-electron chi connectivity index (χ3n) is 3.79. The Labute approximate surface area is 151 Å². The molecule has 0 saturated heterocycles. The van der Waals surface area contributed by atoms with Crippen molar-refractivity contribution in [3.8, 4) is 38.4 Å². The standard InChI is InChI=1S/C19H12F2N2O2S/c1-24-12-7-5-11(6-8-12)18-22-23-19(26-18)16-10-9-15(25-16)17-13(20)3-2-4-14(17)21/h2-10H,1H3. The molecule has 7 heteroatoms. The zero-order valence-corrected chi connectivity index (χ0v) is 14.4. The predicted molar refractivity (Wildman–Crippen MR) is 95.0 cm³/mol. The first-order valence-corrected chi connectivity index (χ1v) is 8.50. The predicted octanol–water partition coefficient (Wildman–Crippen LogP) is 5.42. The highest BCUT2D eigenvalue weighted by Gasteiger charge is 2.17. The summed E-state index contributed by atoms with van der Waals surface area (Å²) in [6, 6.07) is 14.3. The fourth-order valence-electron chi connectivity index (χ4n) is 2.49. The molecule has 2 heterocycles. The number of aromatic nitrogens is 2. The lowest BCUT2D eigenvalue weighted by Crippen LogP contribution is -1.87. The topological polar surface area (TPSA) is 48.2 Å². The zero-order chi connectivity index (χ0) is 18.1. The second kappa shape index (κ2) is 6.68. The first kappa shape index (κ1) is 16.4. The van der Waals surface area contributed by atoms with E-state index in [2.05, 4.69) is 10.2 Å². The van der Waals surface area contributed by atoms with Gasteiger partial charge in [-0.3, -0.25) is 0 Å². The molecular formula is C19H12F2N2O2S. The normalized spacial score (nSPS) is 10.9. The second-order valence-corrected chi connectivity index (χ2v) is 6.38. The van der Waals surface area contributed by atoms with E-state index in [1.54, 1.807) is 13.2 Å². The number of methoxy groups -OCH3 is 1. The first-order valence-electron chi connectivity index (χ1n) is 7.68. The lowest BCUT2D eigenvalue weighted by Gasteiger charge is -2.00. The maximum absolute atomic E-state index is 13.9. The van der Waals surface area contributed by atoms with Gasteiger partial charge in [0.1, 0.15) is 28.2 Å². The van der Waals surface area contributed by atoms with E-state index >= 15 is 0 Å². The Bertz CT molecular complexity index is 1040. The van der Waals surface area contributed by atoms with Crippen molar-refractivity contribution >= 4 is 11.3 Å². The van der Waals surface area contributed by atoms with Crippen LogP contribution in [0.3, 0.4) is 0 Å². The number of ether oxygens (including phenoxy) is 1. The quantitative estimate of drug-likeness (QED) is 0.481. The number of halogens is 2. The van der Waals surface area contributed by atoms with E-state index in [1.165, 1.54) is 35.6 Å². The van der Waals surface area contributed by atoms with Gasteiger partial charge in [0.25, 0.3) is 0 Å². The Balaban J connectivity index is 1.65. The molecule has 0 aliphatic heterocycles. The molecule has 0 fully saturated rings. The fourth-order valence-corrected chi connectivity index (χ4v) is 3.30. The highest BCUT2D eigenvalue weighted by atomic mass is 32.1. The molecule has 0 atom stereocenters. The van der Waals surface area contributed by atoms with Crippen LogP contribution in [-0.4, -0.2) is 17.3 Å². The Hall–Kier alpha value is -3.06. The minimum absolute atomic E-state index is 0.108. The average molecular weight is 370 g/mol. The van der Waals surface area contributed by atoms with Gasteiger partial charge in [-0.05, 0) is 48.5 Å². The molecular weight excluding hydrogens is 358 g/mol. The molecule has 2 aromatic heterocycles. The number of benzene rings is 2. The number of hydrogen-bond donors (Lipinski definition) is 0. The zero-order valence-electron chi connectivity index (χ0n) is 13.6. The third-order valence-corrected chi connectivity index (χ3v) is 4.77. The van der Waals surface area contributed by atoms with Crippen LogP contribution in [0.15, 0.2) is 59.0 Å². The lowest BCUT2D eigenvalue weighted by molar-refractivity contribution is 0.415. The van der Waals surface area contributed by atoms with Gasteiger partial charge in [-0.25, -0.2) is 8.78 Å². The Morgan fingerprint density at radius 1 is 0.846 bits per heavy atom. The van der Waals surface area contributed by atoms with E-state index in [4.69, 9.17) is 9.15 Å².